The quantitative estimate of drug-likeness (QED) is 0.142. The van der Waals surface area contributed by atoms with E-state index in [1.165, 1.54) is 12.1 Å². The lowest BCUT2D eigenvalue weighted by atomic mass is 9.91. The molecule has 3 aromatic carbocycles. The Bertz CT molecular complexity index is 1910. The molecule has 6 N–H and O–H groups in total. The molecule has 43 heavy (non-hydrogen) atoms. The third kappa shape index (κ3) is 5.67. The Kier molecular flexibility index (Phi) is 7.32. The van der Waals surface area contributed by atoms with Crippen molar-refractivity contribution in [3.8, 4) is 0 Å². The van der Waals surface area contributed by atoms with Crippen LogP contribution in [-0.4, -0.2) is 31.0 Å². The van der Waals surface area contributed by atoms with Crippen LogP contribution in [0.25, 0.3) is 11.6 Å². The predicted molar refractivity (Wildman–Crippen MR) is 166 cm³/mol. The van der Waals surface area contributed by atoms with Crippen molar-refractivity contribution < 1.29 is 22.8 Å². The highest BCUT2D eigenvalue weighted by Crippen LogP contribution is 2.37. The molecule has 0 saturated heterocycles. The zero-order chi connectivity index (χ0) is 30.1. The number of sulfonamides is 1. The topological polar surface area (TPSA) is 163 Å². The summed E-state index contributed by atoms with van der Waals surface area (Å²) in [6.07, 6.45) is 3.83. The van der Waals surface area contributed by atoms with Crippen LogP contribution >= 0.6 is 0 Å². The summed E-state index contributed by atoms with van der Waals surface area (Å²) < 4.78 is 28.4. The standard InChI is InChI=1S/C32H29N5O5S/c33-24-9-4-5-10-26(24)35-30(39)16-14-21-28(34-27-11-6-12-29(38)31(21)27)18-23-22-17-19(13-15-25(22)36-32(23)40)37-43(41,42)20-7-2-1-3-8-20/h1-5,7-10,13,15,17-18,34,37H,6,11-12,14,16,33H2,(H,35,39)(H,36,40)/b23-18-. The van der Waals surface area contributed by atoms with E-state index in [-0.39, 0.29) is 35.3 Å². The SMILES string of the molecule is Nc1ccccc1NC(=O)CCc1c(/C=C2\C(=O)Nc3ccc(NS(=O)(=O)c4ccccc4)cc32)[nH]c2c1C(=O)CCC2. The predicted octanol–water partition coefficient (Wildman–Crippen LogP) is 4.98. The Hall–Kier alpha value is -5.16. The summed E-state index contributed by atoms with van der Waals surface area (Å²) in [4.78, 5) is 42.4. The summed E-state index contributed by atoms with van der Waals surface area (Å²) in [7, 11) is -3.84. The normalized spacial score (nSPS) is 15.1. The highest BCUT2D eigenvalue weighted by atomic mass is 32.2. The molecule has 2 amide bonds. The van der Waals surface area contributed by atoms with Gasteiger partial charge in [-0.15, -0.1) is 0 Å². The molecule has 6 rings (SSSR count). The van der Waals surface area contributed by atoms with Gasteiger partial charge in [-0.25, -0.2) is 8.42 Å². The van der Waals surface area contributed by atoms with Crippen LogP contribution in [0.5, 0.6) is 0 Å². The van der Waals surface area contributed by atoms with Gasteiger partial charge in [-0.2, -0.15) is 0 Å². The number of nitrogens with one attached hydrogen (secondary N) is 4. The van der Waals surface area contributed by atoms with E-state index < -0.39 is 10.0 Å². The Morgan fingerprint density at radius 3 is 2.53 bits per heavy atom. The monoisotopic (exact) mass is 595 g/mol. The average molecular weight is 596 g/mol. The molecule has 0 spiro atoms. The van der Waals surface area contributed by atoms with E-state index in [0.717, 1.165) is 5.69 Å². The number of carbonyl (C=O) groups excluding carboxylic acids is 3. The molecule has 0 atom stereocenters. The molecule has 0 fully saturated rings. The number of anilines is 4. The van der Waals surface area contributed by atoms with Gasteiger partial charge in [0, 0.05) is 46.7 Å². The van der Waals surface area contributed by atoms with Gasteiger partial charge in [-0.1, -0.05) is 30.3 Å². The number of hydrogen-bond acceptors (Lipinski definition) is 6. The van der Waals surface area contributed by atoms with E-state index >= 15 is 0 Å². The number of amides is 2. The summed E-state index contributed by atoms with van der Waals surface area (Å²) >= 11 is 0. The van der Waals surface area contributed by atoms with Gasteiger partial charge < -0.3 is 21.4 Å². The van der Waals surface area contributed by atoms with E-state index in [0.29, 0.717) is 70.0 Å². The lowest BCUT2D eigenvalue weighted by Gasteiger charge is -2.12. The van der Waals surface area contributed by atoms with Crippen molar-refractivity contribution in [3.05, 3.63) is 101 Å². The Morgan fingerprint density at radius 2 is 1.74 bits per heavy atom. The Morgan fingerprint density at radius 1 is 0.977 bits per heavy atom. The highest BCUT2D eigenvalue weighted by molar-refractivity contribution is 7.92. The first kappa shape index (κ1) is 28.0. The maximum absolute atomic E-state index is 13.1. The second-order valence-electron chi connectivity index (χ2n) is 10.5. The summed E-state index contributed by atoms with van der Waals surface area (Å²) in [5.74, 6) is -0.618. The van der Waals surface area contributed by atoms with E-state index in [1.807, 2.05) is 0 Å². The van der Waals surface area contributed by atoms with Crippen LogP contribution in [-0.2, 0) is 32.5 Å². The van der Waals surface area contributed by atoms with Crippen molar-refractivity contribution in [1.29, 1.82) is 0 Å². The number of H-pyrrole nitrogens is 1. The molecule has 1 aliphatic carbocycles. The zero-order valence-electron chi connectivity index (χ0n) is 23.1. The largest absolute Gasteiger partial charge is 0.397 e. The number of rotatable bonds is 8. The van der Waals surface area contributed by atoms with Crippen molar-refractivity contribution in [2.75, 3.05) is 21.1 Å². The summed E-state index contributed by atoms with van der Waals surface area (Å²) in [5, 5.41) is 5.64. The lowest BCUT2D eigenvalue weighted by molar-refractivity contribution is -0.116. The van der Waals surface area contributed by atoms with Gasteiger partial charge in [-0.05, 0) is 73.4 Å². The first-order chi connectivity index (χ1) is 20.7. The van der Waals surface area contributed by atoms with Crippen molar-refractivity contribution in [2.24, 2.45) is 0 Å². The second-order valence-corrected chi connectivity index (χ2v) is 12.2. The van der Waals surface area contributed by atoms with E-state index in [1.54, 1.807) is 66.7 Å². The molecule has 0 saturated carbocycles. The molecule has 4 aromatic rings. The number of nitrogen functional groups attached to an aromatic ring is 1. The van der Waals surface area contributed by atoms with Crippen molar-refractivity contribution in [3.63, 3.8) is 0 Å². The third-order valence-electron chi connectivity index (χ3n) is 7.56. The molecule has 218 valence electrons. The van der Waals surface area contributed by atoms with Crippen molar-refractivity contribution in [1.82, 2.24) is 4.98 Å². The minimum Gasteiger partial charge on any atom is -0.397 e. The van der Waals surface area contributed by atoms with E-state index in [2.05, 4.69) is 20.3 Å². The molecule has 2 heterocycles. The van der Waals surface area contributed by atoms with Gasteiger partial charge >= 0.3 is 0 Å². The van der Waals surface area contributed by atoms with Gasteiger partial charge in [0.05, 0.1) is 21.8 Å². The first-order valence-corrected chi connectivity index (χ1v) is 15.3. The number of carbonyl (C=O) groups is 3. The number of nitrogens with two attached hydrogens (primary N) is 1. The number of aromatic nitrogens is 1. The minimum atomic E-state index is -3.84. The highest BCUT2D eigenvalue weighted by Gasteiger charge is 2.29. The molecule has 1 aromatic heterocycles. The summed E-state index contributed by atoms with van der Waals surface area (Å²) in [6, 6.07) is 19.8. The summed E-state index contributed by atoms with van der Waals surface area (Å²) in [5.41, 5.74) is 11.2. The van der Waals surface area contributed by atoms with E-state index in [9.17, 15) is 22.8 Å². The van der Waals surface area contributed by atoms with E-state index in [4.69, 9.17) is 5.73 Å². The number of benzene rings is 3. The second kappa shape index (κ2) is 11.3. The maximum atomic E-state index is 13.1. The molecule has 1 aliphatic heterocycles. The molecule has 0 bridgehead atoms. The Labute approximate surface area is 248 Å². The number of aromatic amines is 1. The number of aryl methyl sites for hydroxylation is 1. The van der Waals surface area contributed by atoms with Crippen LogP contribution in [0, 0.1) is 0 Å². The van der Waals surface area contributed by atoms with Crippen LogP contribution in [0.15, 0.2) is 77.7 Å². The van der Waals surface area contributed by atoms with Crippen LogP contribution in [0.4, 0.5) is 22.7 Å². The fourth-order valence-corrected chi connectivity index (χ4v) is 6.56. The molecule has 10 nitrogen and oxygen atoms in total. The van der Waals surface area contributed by atoms with Crippen LogP contribution < -0.4 is 21.1 Å². The molecular weight excluding hydrogens is 566 g/mol. The van der Waals surface area contributed by atoms with Crippen LogP contribution in [0.3, 0.4) is 0 Å². The Balaban J connectivity index is 1.32. The molecule has 0 unspecified atom stereocenters. The van der Waals surface area contributed by atoms with Gasteiger partial charge in [0.15, 0.2) is 5.78 Å². The number of ketones is 1. The maximum Gasteiger partial charge on any atom is 0.261 e. The smallest absolute Gasteiger partial charge is 0.261 e. The van der Waals surface area contributed by atoms with Gasteiger partial charge in [0.2, 0.25) is 5.91 Å². The number of fused-ring (bicyclic) bond motifs is 2. The first-order valence-electron chi connectivity index (χ1n) is 13.9. The van der Waals surface area contributed by atoms with Gasteiger partial charge in [0.1, 0.15) is 0 Å². The molecule has 2 aliphatic rings. The number of para-hydroxylation sites is 2. The molecule has 0 radical (unpaired) electrons. The average Bonchev–Trinajstić information content (AvgIpc) is 3.50. The minimum absolute atomic E-state index is 0.00117. The summed E-state index contributed by atoms with van der Waals surface area (Å²) in [6.45, 7) is 0. The van der Waals surface area contributed by atoms with Crippen molar-refractivity contribution in [2.45, 2.75) is 37.0 Å². The molecular formula is C32H29N5O5S. The van der Waals surface area contributed by atoms with Crippen LogP contribution in [0.1, 0.15) is 52.1 Å². The number of hydrogen-bond donors (Lipinski definition) is 5. The number of Topliss-reactive ketones (excluding diaryl/α,β-unsaturated/α-hetero) is 1. The van der Waals surface area contributed by atoms with Crippen molar-refractivity contribution >= 4 is 62.0 Å². The van der Waals surface area contributed by atoms with Gasteiger partial charge in [0.25, 0.3) is 15.9 Å². The fourth-order valence-electron chi connectivity index (χ4n) is 5.49. The third-order valence-corrected chi connectivity index (χ3v) is 8.95. The van der Waals surface area contributed by atoms with Gasteiger partial charge in [-0.3, -0.25) is 19.1 Å². The zero-order valence-corrected chi connectivity index (χ0v) is 23.9. The fraction of sp³-hybridized carbons (Fsp3) is 0.156. The van der Waals surface area contributed by atoms with Crippen LogP contribution in [0.2, 0.25) is 0 Å². The lowest BCUT2D eigenvalue weighted by Crippen LogP contribution is -2.15. The molecule has 11 heteroatoms.